The van der Waals surface area contributed by atoms with Crippen LogP contribution in [0.1, 0.15) is 27.7 Å². The summed E-state index contributed by atoms with van der Waals surface area (Å²) in [6.45, 7) is 7.83. The van der Waals surface area contributed by atoms with Gasteiger partial charge in [0, 0.05) is 5.69 Å². The van der Waals surface area contributed by atoms with Gasteiger partial charge in [-0.05, 0) is 69.6 Å². The van der Waals surface area contributed by atoms with Crippen LogP contribution in [0.4, 0.5) is 10.1 Å². The summed E-state index contributed by atoms with van der Waals surface area (Å²) in [5.41, 5.74) is 0.102. The minimum atomic E-state index is -3.77. The van der Waals surface area contributed by atoms with Crippen LogP contribution in [-0.2, 0) is 19.3 Å². The lowest BCUT2D eigenvalue weighted by molar-refractivity contribution is 0.00578. The number of halogens is 1. The number of benzene rings is 2. The molecule has 1 saturated heterocycles. The fourth-order valence-corrected chi connectivity index (χ4v) is 3.57. The molecule has 2 aromatic rings. The number of anilines is 1. The van der Waals surface area contributed by atoms with Crippen LogP contribution in [0.3, 0.4) is 0 Å². The van der Waals surface area contributed by atoms with Crippen LogP contribution in [0.15, 0.2) is 53.4 Å². The van der Waals surface area contributed by atoms with Gasteiger partial charge in [0.25, 0.3) is 10.0 Å². The van der Waals surface area contributed by atoms with Crippen molar-refractivity contribution in [2.45, 2.75) is 43.8 Å². The molecule has 1 fully saturated rings. The van der Waals surface area contributed by atoms with Gasteiger partial charge >= 0.3 is 7.12 Å². The molecule has 1 aliphatic rings. The first-order valence-corrected chi connectivity index (χ1v) is 9.72. The van der Waals surface area contributed by atoms with E-state index in [-0.39, 0.29) is 4.90 Å². The van der Waals surface area contributed by atoms with Crippen molar-refractivity contribution in [2.24, 2.45) is 0 Å². The summed E-state index contributed by atoms with van der Waals surface area (Å²) in [5, 5.41) is 0. The summed E-state index contributed by atoms with van der Waals surface area (Å²) in [7, 11) is -4.32. The van der Waals surface area contributed by atoms with E-state index in [0.29, 0.717) is 5.69 Å². The van der Waals surface area contributed by atoms with E-state index in [4.69, 9.17) is 9.31 Å². The van der Waals surface area contributed by atoms with Crippen LogP contribution in [0.2, 0.25) is 0 Å². The van der Waals surface area contributed by atoms with Crippen LogP contribution in [-0.4, -0.2) is 26.7 Å². The zero-order valence-electron chi connectivity index (χ0n) is 15.1. The molecule has 0 aromatic heterocycles. The monoisotopic (exact) mass is 377 g/mol. The van der Waals surface area contributed by atoms with Crippen LogP contribution < -0.4 is 10.2 Å². The molecule has 0 bridgehead atoms. The molecule has 138 valence electrons. The van der Waals surface area contributed by atoms with Crippen molar-refractivity contribution < 1.29 is 22.1 Å². The highest BCUT2D eigenvalue weighted by molar-refractivity contribution is 7.92. The lowest BCUT2D eigenvalue weighted by Crippen LogP contribution is -2.41. The molecule has 3 rings (SSSR count). The third kappa shape index (κ3) is 3.63. The molecule has 5 nitrogen and oxygen atoms in total. The molecule has 0 radical (unpaired) electrons. The number of rotatable bonds is 4. The van der Waals surface area contributed by atoms with E-state index in [2.05, 4.69) is 4.72 Å². The molecule has 0 atom stereocenters. The second-order valence-corrected chi connectivity index (χ2v) is 8.95. The largest absolute Gasteiger partial charge is 0.494 e. The van der Waals surface area contributed by atoms with E-state index >= 15 is 0 Å². The Morgan fingerprint density at radius 1 is 0.885 bits per heavy atom. The van der Waals surface area contributed by atoms with E-state index < -0.39 is 34.2 Å². The van der Waals surface area contributed by atoms with Gasteiger partial charge in [-0.25, -0.2) is 12.8 Å². The van der Waals surface area contributed by atoms with Crippen LogP contribution in [0.25, 0.3) is 0 Å². The number of hydrogen-bond donors (Lipinski definition) is 1. The van der Waals surface area contributed by atoms with Crippen LogP contribution >= 0.6 is 0 Å². The fourth-order valence-electron chi connectivity index (χ4n) is 2.52. The fraction of sp³-hybridized carbons (Fsp3) is 0.333. The van der Waals surface area contributed by atoms with Crippen molar-refractivity contribution in [2.75, 3.05) is 4.72 Å². The minimum Gasteiger partial charge on any atom is -0.399 e. The maximum atomic E-state index is 12.9. The Kier molecular flexibility index (Phi) is 4.63. The molecule has 2 aromatic carbocycles. The number of hydrogen-bond acceptors (Lipinski definition) is 4. The van der Waals surface area contributed by atoms with E-state index in [0.717, 1.165) is 5.46 Å². The second-order valence-electron chi connectivity index (χ2n) is 7.27. The number of sulfonamides is 1. The van der Waals surface area contributed by atoms with Crippen molar-refractivity contribution in [3.8, 4) is 0 Å². The first kappa shape index (κ1) is 18.9. The third-order valence-corrected chi connectivity index (χ3v) is 6.21. The molecule has 1 N–H and O–H groups in total. The minimum absolute atomic E-state index is 0.0992. The van der Waals surface area contributed by atoms with Gasteiger partial charge in [-0.3, -0.25) is 4.72 Å². The Labute approximate surface area is 153 Å². The molecule has 0 spiro atoms. The Hall–Kier alpha value is -1.90. The highest BCUT2D eigenvalue weighted by Crippen LogP contribution is 2.36. The lowest BCUT2D eigenvalue weighted by Gasteiger charge is -2.32. The maximum Gasteiger partial charge on any atom is 0.494 e. The molecule has 1 heterocycles. The van der Waals surface area contributed by atoms with Gasteiger partial charge in [-0.2, -0.15) is 0 Å². The first-order chi connectivity index (χ1) is 12.0. The standard InChI is InChI=1S/C18H21BFNO4S/c1-17(2)18(3,4)25-19(24-17)13-5-11-16(12-6-13)26(22,23)21-15-9-7-14(20)8-10-15/h5-12,21H,1-4H3. The van der Waals surface area contributed by atoms with Gasteiger partial charge in [0.1, 0.15) is 5.82 Å². The van der Waals surface area contributed by atoms with Crippen molar-refractivity contribution >= 4 is 28.3 Å². The third-order valence-electron chi connectivity index (χ3n) is 4.81. The molecule has 8 heteroatoms. The summed E-state index contributed by atoms with van der Waals surface area (Å²) >= 11 is 0. The Bertz CT molecular complexity index is 880. The summed E-state index contributed by atoms with van der Waals surface area (Å²) in [5.74, 6) is -0.431. The molecule has 0 unspecified atom stereocenters. The van der Waals surface area contributed by atoms with Crippen LogP contribution in [0.5, 0.6) is 0 Å². The molecule has 1 aliphatic heterocycles. The summed E-state index contributed by atoms with van der Waals surface area (Å²) in [6.07, 6.45) is 0. The first-order valence-electron chi connectivity index (χ1n) is 8.24. The smallest absolute Gasteiger partial charge is 0.399 e. The highest BCUT2D eigenvalue weighted by Gasteiger charge is 2.51. The van der Waals surface area contributed by atoms with Crippen LogP contribution in [0, 0.1) is 5.82 Å². The zero-order valence-corrected chi connectivity index (χ0v) is 15.9. The SMILES string of the molecule is CC1(C)OB(c2ccc(S(=O)(=O)Nc3ccc(F)cc3)cc2)OC1(C)C. The lowest BCUT2D eigenvalue weighted by atomic mass is 9.79. The molecule has 0 saturated carbocycles. The van der Waals surface area contributed by atoms with E-state index in [1.165, 1.54) is 36.4 Å². The van der Waals surface area contributed by atoms with Crippen molar-refractivity contribution in [3.63, 3.8) is 0 Å². The van der Waals surface area contributed by atoms with Gasteiger partial charge in [-0.15, -0.1) is 0 Å². The van der Waals surface area contributed by atoms with E-state index in [9.17, 15) is 12.8 Å². The average molecular weight is 377 g/mol. The van der Waals surface area contributed by atoms with E-state index in [1.807, 2.05) is 27.7 Å². The molecular formula is C18H21BFNO4S. The van der Waals surface area contributed by atoms with Gasteiger partial charge in [0.2, 0.25) is 0 Å². The Balaban J connectivity index is 1.78. The normalized spacial score (nSPS) is 18.7. The predicted octanol–water partition coefficient (Wildman–Crippen LogP) is 2.93. The Morgan fingerprint density at radius 2 is 1.38 bits per heavy atom. The van der Waals surface area contributed by atoms with Crippen molar-refractivity contribution in [1.29, 1.82) is 0 Å². The van der Waals surface area contributed by atoms with Gasteiger partial charge in [-0.1, -0.05) is 12.1 Å². The average Bonchev–Trinajstić information content (AvgIpc) is 2.78. The topological polar surface area (TPSA) is 64.6 Å². The molecule has 26 heavy (non-hydrogen) atoms. The molecular weight excluding hydrogens is 356 g/mol. The summed E-state index contributed by atoms with van der Waals surface area (Å²) in [4.78, 5) is 0.0992. The summed E-state index contributed by atoms with van der Waals surface area (Å²) < 4.78 is 52.2. The van der Waals surface area contributed by atoms with Gasteiger partial charge in [0.15, 0.2) is 0 Å². The predicted molar refractivity (Wildman–Crippen MR) is 99.4 cm³/mol. The zero-order chi connectivity index (χ0) is 19.2. The van der Waals surface area contributed by atoms with Gasteiger partial charge < -0.3 is 9.31 Å². The van der Waals surface area contributed by atoms with Gasteiger partial charge in [0.05, 0.1) is 16.1 Å². The second kappa shape index (κ2) is 6.37. The highest BCUT2D eigenvalue weighted by atomic mass is 32.2. The summed E-state index contributed by atoms with van der Waals surface area (Å²) in [6, 6.07) is 11.4. The molecule has 0 aliphatic carbocycles. The quantitative estimate of drug-likeness (QED) is 0.833. The van der Waals surface area contributed by atoms with E-state index in [1.54, 1.807) is 12.1 Å². The number of nitrogens with one attached hydrogen (secondary N) is 1. The van der Waals surface area contributed by atoms with Crippen molar-refractivity contribution in [3.05, 3.63) is 54.3 Å². The Morgan fingerprint density at radius 3 is 1.88 bits per heavy atom. The molecule has 0 amide bonds. The van der Waals surface area contributed by atoms with Crippen molar-refractivity contribution in [1.82, 2.24) is 0 Å². The maximum absolute atomic E-state index is 12.9.